The largest absolute Gasteiger partial charge is 0.491 e. The minimum absolute atomic E-state index is 0.457. The Balaban J connectivity index is 2.39. The van der Waals surface area contributed by atoms with E-state index in [0.717, 1.165) is 22.4 Å². The second-order valence-electron chi connectivity index (χ2n) is 4.34. The van der Waals surface area contributed by atoms with Crippen molar-refractivity contribution in [1.29, 1.82) is 0 Å². The molecule has 0 aliphatic heterocycles. The monoisotopic (exact) mass is 291 g/mol. The van der Waals surface area contributed by atoms with Crippen LogP contribution in [-0.4, -0.2) is 20.3 Å². The highest BCUT2D eigenvalue weighted by Crippen LogP contribution is 2.33. The SMILES string of the molecule is COCCOc1ccccc1-c1cc(Cl)ccc1CN. The van der Waals surface area contributed by atoms with E-state index in [-0.39, 0.29) is 0 Å². The van der Waals surface area contributed by atoms with E-state index in [1.165, 1.54) is 0 Å². The molecule has 2 rings (SSSR count). The molecule has 4 heteroatoms. The standard InChI is InChI=1S/C16H18ClNO2/c1-19-8-9-20-16-5-3-2-4-14(16)15-10-13(17)7-6-12(15)11-18/h2-7,10H,8-9,11,18H2,1H3. The smallest absolute Gasteiger partial charge is 0.127 e. The van der Waals surface area contributed by atoms with Gasteiger partial charge in [0.05, 0.1) is 6.61 Å². The molecule has 3 nitrogen and oxygen atoms in total. The van der Waals surface area contributed by atoms with E-state index in [1.54, 1.807) is 7.11 Å². The molecule has 0 atom stereocenters. The lowest BCUT2D eigenvalue weighted by Crippen LogP contribution is -2.06. The van der Waals surface area contributed by atoms with Gasteiger partial charge in [-0.3, -0.25) is 0 Å². The van der Waals surface area contributed by atoms with Gasteiger partial charge in [-0.25, -0.2) is 0 Å². The summed E-state index contributed by atoms with van der Waals surface area (Å²) in [7, 11) is 1.65. The van der Waals surface area contributed by atoms with E-state index in [9.17, 15) is 0 Å². The molecule has 106 valence electrons. The lowest BCUT2D eigenvalue weighted by atomic mass is 9.99. The lowest BCUT2D eigenvalue weighted by molar-refractivity contribution is 0.146. The summed E-state index contributed by atoms with van der Waals surface area (Å²) in [4.78, 5) is 0. The Bertz CT molecular complexity index is 572. The third-order valence-electron chi connectivity index (χ3n) is 3.01. The van der Waals surface area contributed by atoms with Crippen LogP contribution in [0.3, 0.4) is 0 Å². The van der Waals surface area contributed by atoms with Crippen LogP contribution in [0.25, 0.3) is 11.1 Å². The zero-order valence-corrected chi connectivity index (χ0v) is 12.2. The van der Waals surface area contributed by atoms with Crippen molar-refractivity contribution < 1.29 is 9.47 Å². The molecule has 0 unspecified atom stereocenters. The maximum atomic E-state index is 6.10. The average molecular weight is 292 g/mol. The maximum absolute atomic E-state index is 6.10. The summed E-state index contributed by atoms with van der Waals surface area (Å²) in [6.45, 7) is 1.51. The summed E-state index contributed by atoms with van der Waals surface area (Å²) >= 11 is 6.10. The highest BCUT2D eigenvalue weighted by molar-refractivity contribution is 6.30. The van der Waals surface area contributed by atoms with Gasteiger partial charge in [0.2, 0.25) is 0 Å². The van der Waals surface area contributed by atoms with Crippen LogP contribution in [0, 0.1) is 0 Å². The Labute approximate surface area is 124 Å². The van der Waals surface area contributed by atoms with Gasteiger partial charge < -0.3 is 15.2 Å². The molecule has 20 heavy (non-hydrogen) atoms. The first kappa shape index (κ1) is 14.9. The highest BCUT2D eigenvalue weighted by atomic mass is 35.5. The summed E-state index contributed by atoms with van der Waals surface area (Å²) in [5.74, 6) is 0.807. The summed E-state index contributed by atoms with van der Waals surface area (Å²) in [5.41, 5.74) is 8.84. The number of hydrogen-bond donors (Lipinski definition) is 1. The van der Waals surface area contributed by atoms with Crippen LogP contribution in [0.1, 0.15) is 5.56 Å². The van der Waals surface area contributed by atoms with Gasteiger partial charge in [-0.1, -0.05) is 35.9 Å². The van der Waals surface area contributed by atoms with Gasteiger partial charge in [-0.2, -0.15) is 0 Å². The van der Waals surface area contributed by atoms with Crippen LogP contribution >= 0.6 is 11.6 Å². The zero-order valence-electron chi connectivity index (χ0n) is 11.4. The van der Waals surface area contributed by atoms with E-state index in [2.05, 4.69) is 0 Å². The Morgan fingerprint density at radius 1 is 1.05 bits per heavy atom. The molecule has 0 saturated carbocycles. The van der Waals surface area contributed by atoms with Crippen LogP contribution in [-0.2, 0) is 11.3 Å². The van der Waals surface area contributed by atoms with Crippen molar-refractivity contribution >= 4 is 11.6 Å². The Hall–Kier alpha value is -1.55. The summed E-state index contributed by atoms with van der Waals surface area (Å²) in [6, 6.07) is 13.6. The molecule has 2 aromatic carbocycles. The fourth-order valence-corrected chi connectivity index (χ4v) is 2.20. The van der Waals surface area contributed by atoms with Gasteiger partial charge in [0.1, 0.15) is 12.4 Å². The molecule has 0 bridgehead atoms. The molecule has 0 spiro atoms. The third-order valence-corrected chi connectivity index (χ3v) is 3.25. The summed E-state index contributed by atoms with van der Waals surface area (Å²) in [5, 5.41) is 0.684. The van der Waals surface area contributed by atoms with Gasteiger partial charge in [-0.05, 0) is 29.3 Å². The second kappa shape index (κ2) is 7.29. The third kappa shape index (κ3) is 3.51. The van der Waals surface area contributed by atoms with Crippen LogP contribution in [0.5, 0.6) is 5.75 Å². The molecule has 0 heterocycles. The predicted octanol–water partition coefficient (Wildman–Crippen LogP) is 3.49. The zero-order chi connectivity index (χ0) is 14.4. The molecule has 0 fully saturated rings. The molecular formula is C16H18ClNO2. The molecule has 0 saturated heterocycles. The lowest BCUT2D eigenvalue weighted by Gasteiger charge is -2.14. The second-order valence-corrected chi connectivity index (χ2v) is 4.78. The minimum atomic E-state index is 0.457. The number of benzene rings is 2. The van der Waals surface area contributed by atoms with Crippen molar-refractivity contribution in [3.63, 3.8) is 0 Å². The number of rotatable bonds is 6. The van der Waals surface area contributed by atoms with Gasteiger partial charge in [0.25, 0.3) is 0 Å². The molecule has 0 radical (unpaired) electrons. The quantitative estimate of drug-likeness (QED) is 0.829. The van der Waals surface area contributed by atoms with Gasteiger partial charge >= 0.3 is 0 Å². The molecular weight excluding hydrogens is 274 g/mol. The van der Waals surface area contributed by atoms with Crippen LogP contribution in [0.2, 0.25) is 5.02 Å². The Morgan fingerprint density at radius 3 is 2.60 bits per heavy atom. The van der Waals surface area contributed by atoms with E-state index in [4.69, 9.17) is 26.8 Å². The first-order chi connectivity index (χ1) is 9.76. The molecule has 2 N–H and O–H groups in total. The number of methoxy groups -OCH3 is 1. The van der Waals surface area contributed by atoms with Gasteiger partial charge in [-0.15, -0.1) is 0 Å². The maximum Gasteiger partial charge on any atom is 0.127 e. The van der Waals surface area contributed by atoms with Crippen molar-refractivity contribution in [2.24, 2.45) is 5.73 Å². The first-order valence-electron chi connectivity index (χ1n) is 6.46. The topological polar surface area (TPSA) is 44.5 Å². The minimum Gasteiger partial charge on any atom is -0.491 e. The Kier molecular flexibility index (Phi) is 5.41. The van der Waals surface area contributed by atoms with Crippen LogP contribution in [0.15, 0.2) is 42.5 Å². The molecule has 0 aromatic heterocycles. The number of halogens is 1. The molecule has 2 aromatic rings. The van der Waals surface area contributed by atoms with Gasteiger partial charge in [0, 0.05) is 24.2 Å². The van der Waals surface area contributed by atoms with Crippen molar-refractivity contribution in [2.75, 3.05) is 20.3 Å². The van der Waals surface area contributed by atoms with Crippen LogP contribution < -0.4 is 10.5 Å². The van der Waals surface area contributed by atoms with Crippen molar-refractivity contribution in [1.82, 2.24) is 0 Å². The number of nitrogens with two attached hydrogens (primary N) is 1. The van der Waals surface area contributed by atoms with Crippen molar-refractivity contribution in [3.05, 3.63) is 53.1 Å². The van der Waals surface area contributed by atoms with E-state index in [0.29, 0.717) is 24.8 Å². The normalized spacial score (nSPS) is 10.6. The fraction of sp³-hybridized carbons (Fsp3) is 0.250. The molecule has 0 amide bonds. The highest BCUT2D eigenvalue weighted by Gasteiger charge is 2.10. The number of hydrogen-bond acceptors (Lipinski definition) is 3. The van der Waals surface area contributed by atoms with E-state index in [1.807, 2.05) is 42.5 Å². The molecule has 0 aliphatic rings. The number of ether oxygens (including phenoxy) is 2. The molecule has 0 aliphatic carbocycles. The summed E-state index contributed by atoms with van der Waals surface area (Å²) < 4.78 is 10.8. The predicted molar refractivity (Wildman–Crippen MR) is 82.2 cm³/mol. The van der Waals surface area contributed by atoms with E-state index < -0.39 is 0 Å². The summed E-state index contributed by atoms with van der Waals surface area (Å²) in [6.07, 6.45) is 0. The average Bonchev–Trinajstić information content (AvgIpc) is 2.48. The first-order valence-corrected chi connectivity index (χ1v) is 6.83. The van der Waals surface area contributed by atoms with E-state index >= 15 is 0 Å². The van der Waals surface area contributed by atoms with Crippen molar-refractivity contribution in [3.8, 4) is 16.9 Å². The van der Waals surface area contributed by atoms with Crippen LogP contribution in [0.4, 0.5) is 0 Å². The Morgan fingerprint density at radius 2 is 1.85 bits per heavy atom. The number of para-hydroxylation sites is 1. The fourth-order valence-electron chi connectivity index (χ4n) is 2.03. The van der Waals surface area contributed by atoms with Crippen molar-refractivity contribution in [2.45, 2.75) is 6.54 Å². The van der Waals surface area contributed by atoms with Gasteiger partial charge in [0.15, 0.2) is 0 Å².